The van der Waals surface area contributed by atoms with Crippen molar-refractivity contribution in [2.24, 2.45) is 11.7 Å². The Labute approximate surface area is 101 Å². The summed E-state index contributed by atoms with van der Waals surface area (Å²) in [6, 6.07) is -0.347. The van der Waals surface area contributed by atoms with Crippen LogP contribution in [-0.2, 0) is 14.3 Å². The third-order valence-electron chi connectivity index (χ3n) is 3.27. The fraction of sp³-hybridized carbons (Fsp3) is 0.818. The molecule has 17 heavy (non-hydrogen) atoms. The van der Waals surface area contributed by atoms with Gasteiger partial charge in [-0.05, 0) is 19.8 Å². The van der Waals surface area contributed by atoms with Crippen LogP contribution in [0.5, 0.6) is 0 Å². The summed E-state index contributed by atoms with van der Waals surface area (Å²) in [5.74, 6) is -1.26. The van der Waals surface area contributed by atoms with Gasteiger partial charge in [-0.15, -0.1) is 0 Å². The Bertz CT molecular complexity index is 295. The van der Waals surface area contributed by atoms with Crippen molar-refractivity contribution in [2.45, 2.75) is 31.9 Å². The molecule has 1 rings (SSSR count). The zero-order valence-electron chi connectivity index (χ0n) is 10.3. The molecule has 0 aromatic carbocycles. The molecule has 6 heteroatoms. The summed E-state index contributed by atoms with van der Waals surface area (Å²) >= 11 is 0. The molecule has 1 aliphatic carbocycles. The second-order valence-electron chi connectivity index (χ2n) is 4.29. The van der Waals surface area contributed by atoms with Crippen molar-refractivity contribution in [1.29, 1.82) is 0 Å². The molecule has 1 fully saturated rings. The van der Waals surface area contributed by atoms with E-state index in [1.807, 2.05) is 0 Å². The number of hydrogen-bond donors (Lipinski definition) is 2. The molecular formula is C11H20N2O4. The molecule has 0 saturated heterocycles. The lowest BCUT2D eigenvalue weighted by molar-refractivity contribution is -0.140. The molecule has 0 bridgehead atoms. The van der Waals surface area contributed by atoms with Crippen molar-refractivity contribution in [2.75, 3.05) is 20.3 Å². The van der Waals surface area contributed by atoms with Gasteiger partial charge in [0.1, 0.15) is 6.61 Å². The smallest absolute Gasteiger partial charge is 0.248 e. The number of carbonyl (C=O) groups is 2. The predicted molar refractivity (Wildman–Crippen MR) is 61.0 cm³/mol. The van der Waals surface area contributed by atoms with Gasteiger partial charge in [0.15, 0.2) is 0 Å². The maximum atomic E-state index is 11.7. The number of nitrogens with zero attached hydrogens (tertiary/aromatic N) is 1. The zero-order valence-corrected chi connectivity index (χ0v) is 10.3. The summed E-state index contributed by atoms with van der Waals surface area (Å²) in [6.45, 7) is 2.27. The number of rotatable bonds is 5. The lowest BCUT2D eigenvalue weighted by Gasteiger charge is -2.28. The fourth-order valence-electron chi connectivity index (χ4n) is 2.17. The molecule has 3 atom stereocenters. The van der Waals surface area contributed by atoms with Crippen molar-refractivity contribution in [3.63, 3.8) is 0 Å². The van der Waals surface area contributed by atoms with Crippen molar-refractivity contribution >= 4 is 11.8 Å². The maximum absolute atomic E-state index is 11.7. The Balaban J connectivity index is 2.56. The minimum absolute atomic E-state index is 0.00252. The summed E-state index contributed by atoms with van der Waals surface area (Å²) < 4.78 is 5.02. The van der Waals surface area contributed by atoms with Gasteiger partial charge < -0.3 is 20.5 Å². The van der Waals surface area contributed by atoms with E-state index in [0.717, 1.165) is 0 Å². The molecule has 0 radical (unpaired) electrons. The van der Waals surface area contributed by atoms with Gasteiger partial charge in [0.25, 0.3) is 0 Å². The van der Waals surface area contributed by atoms with Gasteiger partial charge in [0.05, 0.1) is 18.1 Å². The van der Waals surface area contributed by atoms with Crippen LogP contribution in [0.25, 0.3) is 0 Å². The van der Waals surface area contributed by atoms with Gasteiger partial charge in [-0.3, -0.25) is 9.59 Å². The molecule has 2 amide bonds. The largest absolute Gasteiger partial charge is 0.390 e. The van der Waals surface area contributed by atoms with E-state index >= 15 is 0 Å². The second-order valence-corrected chi connectivity index (χ2v) is 4.29. The average Bonchev–Trinajstić information content (AvgIpc) is 2.67. The number of likely N-dealkylation sites (N-methyl/N-ethyl adjacent to an activating group) is 1. The average molecular weight is 244 g/mol. The number of aliphatic hydroxyl groups is 1. The summed E-state index contributed by atoms with van der Waals surface area (Å²) in [4.78, 5) is 24.2. The molecule has 0 unspecified atom stereocenters. The quantitative estimate of drug-likeness (QED) is 0.656. The van der Waals surface area contributed by atoms with E-state index in [0.29, 0.717) is 19.4 Å². The highest BCUT2D eigenvalue weighted by Gasteiger charge is 2.41. The highest BCUT2D eigenvalue weighted by molar-refractivity contribution is 5.79. The minimum atomic E-state index is -0.872. The van der Waals surface area contributed by atoms with Gasteiger partial charge >= 0.3 is 0 Å². The summed E-state index contributed by atoms with van der Waals surface area (Å²) in [5, 5.41) is 9.93. The van der Waals surface area contributed by atoms with E-state index < -0.39 is 17.9 Å². The molecule has 6 nitrogen and oxygen atoms in total. The number of amides is 2. The number of nitrogens with two attached hydrogens (primary N) is 1. The van der Waals surface area contributed by atoms with E-state index in [2.05, 4.69) is 0 Å². The van der Waals surface area contributed by atoms with Gasteiger partial charge in [0, 0.05) is 13.7 Å². The lowest BCUT2D eigenvalue weighted by atomic mass is 10.0. The van der Waals surface area contributed by atoms with Crippen LogP contribution in [0.2, 0.25) is 0 Å². The van der Waals surface area contributed by atoms with Crippen LogP contribution in [0, 0.1) is 5.92 Å². The van der Waals surface area contributed by atoms with Crippen LogP contribution in [0.1, 0.15) is 19.8 Å². The van der Waals surface area contributed by atoms with E-state index in [1.165, 1.54) is 4.90 Å². The van der Waals surface area contributed by atoms with Gasteiger partial charge in [-0.2, -0.15) is 0 Å². The molecule has 1 aliphatic rings. The van der Waals surface area contributed by atoms with Crippen LogP contribution in [0.4, 0.5) is 0 Å². The van der Waals surface area contributed by atoms with E-state index in [1.54, 1.807) is 14.0 Å². The van der Waals surface area contributed by atoms with E-state index in [-0.39, 0.29) is 18.6 Å². The van der Waals surface area contributed by atoms with Crippen LogP contribution >= 0.6 is 0 Å². The molecule has 0 aliphatic heterocycles. The topological polar surface area (TPSA) is 92.9 Å². The van der Waals surface area contributed by atoms with Crippen molar-refractivity contribution in [3.8, 4) is 0 Å². The van der Waals surface area contributed by atoms with Crippen LogP contribution in [-0.4, -0.2) is 54.2 Å². The fourth-order valence-corrected chi connectivity index (χ4v) is 2.17. The van der Waals surface area contributed by atoms with Gasteiger partial charge in [-0.25, -0.2) is 0 Å². The normalized spacial score (nSPS) is 28.1. The van der Waals surface area contributed by atoms with Crippen LogP contribution in [0.15, 0.2) is 0 Å². The van der Waals surface area contributed by atoms with Crippen LogP contribution in [0.3, 0.4) is 0 Å². The first-order valence-electron chi connectivity index (χ1n) is 5.79. The Morgan fingerprint density at radius 2 is 2.12 bits per heavy atom. The van der Waals surface area contributed by atoms with Gasteiger partial charge in [-0.1, -0.05) is 0 Å². The SMILES string of the molecule is CCOCC(=O)N(C)[C@@H]1CC[C@@H](C(N)=O)[C@@H]1O. The molecule has 1 saturated carbocycles. The Morgan fingerprint density at radius 3 is 2.59 bits per heavy atom. The molecular weight excluding hydrogens is 224 g/mol. The molecule has 0 heterocycles. The first kappa shape index (κ1) is 13.9. The monoisotopic (exact) mass is 244 g/mol. The summed E-state index contributed by atoms with van der Waals surface area (Å²) in [5.41, 5.74) is 5.18. The molecule has 98 valence electrons. The first-order chi connectivity index (χ1) is 7.99. The summed E-state index contributed by atoms with van der Waals surface area (Å²) in [6.07, 6.45) is 0.236. The summed E-state index contributed by atoms with van der Waals surface area (Å²) in [7, 11) is 1.61. The zero-order chi connectivity index (χ0) is 13.0. The number of carbonyl (C=O) groups excluding carboxylic acids is 2. The molecule has 3 N–H and O–H groups in total. The van der Waals surface area contributed by atoms with E-state index in [9.17, 15) is 14.7 Å². The standard InChI is InChI=1S/C11H20N2O4/c1-3-17-6-9(14)13(2)8-5-4-7(10(8)15)11(12)16/h7-8,10,15H,3-6H2,1-2H3,(H2,12,16)/t7-,8-,10+/m1/s1. The maximum Gasteiger partial charge on any atom is 0.248 e. The third kappa shape index (κ3) is 3.17. The predicted octanol–water partition coefficient (Wildman–Crippen LogP) is -0.894. The molecule has 0 aromatic heterocycles. The van der Waals surface area contributed by atoms with Gasteiger partial charge in [0.2, 0.25) is 11.8 Å². The van der Waals surface area contributed by atoms with Crippen molar-refractivity contribution in [3.05, 3.63) is 0 Å². The second kappa shape index (κ2) is 5.97. The minimum Gasteiger partial charge on any atom is -0.390 e. The highest BCUT2D eigenvalue weighted by Crippen LogP contribution is 2.29. The van der Waals surface area contributed by atoms with Crippen molar-refractivity contribution in [1.82, 2.24) is 4.90 Å². The Hall–Kier alpha value is -1.14. The Kier molecular flexibility index (Phi) is 4.89. The van der Waals surface area contributed by atoms with Crippen LogP contribution < -0.4 is 5.73 Å². The highest BCUT2D eigenvalue weighted by atomic mass is 16.5. The first-order valence-corrected chi connectivity index (χ1v) is 5.79. The number of hydrogen-bond acceptors (Lipinski definition) is 4. The molecule has 0 aromatic rings. The Morgan fingerprint density at radius 1 is 1.47 bits per heavy atom. The van der Waals surface area contributed by atoms with E-state index in [4.69, 9.17) is 10.5 Å². The molecule has 0 spiro atoms. The number of ether oxygens (including phenoxy) is 1. The lowest BCUT2D eigenvalue weighted by Crippen LogP contribution is -2.46. The number of aliphatic hydroxyl groups excluding tert-OH is 1. The van der Waals surface area contributed by atoms with Crippen molar-refractivity contribution < 1.29 is 19.4 Å². The third-order valence-corrected chi connectivity index (χ3v) is 3.27. The number of primary amides is 1.